The fourth-order valence-corrected chi connectivity index (χ4v) is 1.31. The number of hydrogen-bond acceptors (Lipinski definition) is 6. The molecular weight excluding hydrogens is 234 g/mol. The van der Waals surface area contributed by atoms with Gasteiger partial charge in [0.05, 0.1) is 6.54 Å². The second kappa shape index (κ2) is 7.44. The predicted molar refractivity (Wildman–Crippen MR) is 69.5 cm³/mol. The van der Waals surface area contributed by atoms with Crippen molar-refractivity contribution in [1.29, 1.82) is 0 Å². The summed E-state index contributed by atoms with van der Waals surface area (Å²) in [5, 5.41) is 8.56. The molecule has 18 heavy (non-hydrogen) atoms. The summed E-state index contributed by atoms with van der Waals surface area (Å²) in [4.78, 5) is 19.7. The van der Waals surface area contributed by atoms with Crippen molar-refractivity contribution >= 4 is 17.5 Å². The molecule has 1 aromatic rings. The van der Waals surface area contributed by atoms with Crippen molar-refractivity contribution < 1.29 is 9.53 Å². The van der Waals surface area contributed by atoms with Gasteiger partial charge in [0.15, 0.2) is 5.82 Å². The van der Waals surface area contributed by atoms with Crippen molar-refractivity contribution in [3.63, 3.8) is 0 Å². The molecule has 0 saturated heterocycles. The van der Waals surface area contributed by atoms with Gasteiger partial charge in [0.2, 0.25) is 5.91 Å². The van der Waals surface area contributed by atoms with E-state index in [0.29, 0.717) is 24.1 Å². The van der Waals surface area contributed by atoms with Gasteiger partial charge in [0.1, 0.15) is 18.2 Å². The van der Waals surface area contributed by atoms with Crippen LogP contribution in [-0.2, 0) is 16.1 Å². The molecule has 0 spiro atoms. The maximum absolute atomic E-state index is 11.1. The number of hydrogen-bond donors (Lipinski definition) is 3. The molecule has 0 saturated carbocycles. The van der Waals surface area contributed by atoms with Gasteiger partial charge < -0.3 is 20.7 Å². The van der Waals surface area contributed by atoms with Gasteiger partial charge in [-0.3, -0.25) is 4.79 Å². The van der Waals surface area contributed by atoms with Gasteiger partial charge >= 0.3 is 0 Å². The summed E-state index contributed by atoms with van der Waals surface area (Å²) in [5.41, 5.74) is 0. The Bertz CT molecular complexity index is 373. The van der Waals surface area contributed by atoms with Crippen LogP contribution < -0.4 is 16.0 Å². The maximum atomic E-state index is 11.1. The predicted octanol–water partition coefficient (Wildman–Crippen LogP) is 0.213. The van der Waals surface area contributed by atoms with Crippen LogP contribution >= 0.6 is 0 Å². The number of methoxy groups -OCH3 is 1. The maximum Gasteiger partial charge on any atom is 0.239 e. The number of ether oxygens (including phenoxy) is 1. The highest BCUT2D eigenvalue weighted by atomic mass is 16.5. The van der Waals surface area contributed by atoms with Crippen molar-refractivity contribution in [3.05, 3.63) is 11.9 Å². The summed E-state index contributed by atoms with van der Waals surface area (Å²) in [7, 11) is 3.17. The number of amides is 1. The number of likely N-dealkylation sites (N-methyl/N-ethyl adjacent to an activating group) is 1. The highest BCUT2D eigenvalue weighted by Gasteiger charge is 2.05. The van der Waals surface area contributed by atoms with E-state index in [1.807, 2.05) is 6.92 Å². The first kappa shape index (κ1) is 14.2. The topological polar surface area (TPSA) is 88.2 Å². The van der Waals surface area contributed by atoms with Crippen LogP contribution in [-0.4, -0.2) is 43.1 Å². The lowest BCUT2D eigenvalue weighted by Gasteiger charge is -2.09. The van der Waals surface area contributed by atoms with Crippen molar-refractivity contribution in [2.24, 2.45) is 0 Å². The number of anilines is 2. The van der Waals surface area contributed by atoms with Gasteiger partial charge in [-0.25, -0.2) is 9.97 Å². The Hall–Kier alpha value is -1.89. The Labute approximate surface area is 106 Å². The van der Waals surface area contributed by atoms with E-state index in [2.05, 4.69) is 25.9 Å². The first-order valence-electron chi connectivity index (χ1n) is 5.74. The fraction of sp³-hybridized carbons (Fsp3) is 0.545. The van der Waals surface area contributed by atoms with Crippen LogP contribution in [0.1, 0.15) is 12.7 Å². The van der Waals surface area contributed by atoms with Gasteiger partial charge in [-0.15, -0.1) is 0 Å². The van der Waals surface area contributed by atoms with Gasteiger partial charge in [-0.2, -0.15) is 0 Å². The van der Waals surface area contributed by atoms with E-state index >= 15 is 0 Å². The molecule has 1 amide bonds. The normalized spacial score (nSPS) is 9.94. The van der Waals surface area contributed by atoms with Crippen LogP contribution in [0.25, 0.3) is 0 Å². The first-order valence-corrected chi connectivity index (χ1v) is 5.74. The number of carbonyl (C=O) groups excluding carboxylic acids is 1. The monoisotopic (exact) mass is 253 g/mol. The van der Waals surface area contributed by atoms with Crippen molar-refractivity contribution in [3.8, 4) is 0 Å². The molecule has 0 aliphatic heterocycles. The minimum absolute atomic E-state index is 0.105. The van der Waals surface area contributed by atoms with Gasteiger partial charge in [0.25, 0.3) is 0 Å². The number of nitrogens with zero attached hydrogens (tertiary/aromatic N) is 2. The third kappa shape index (κ3) is 4.54. The molecule has 1 aromatic heterocycles. The Balaban J connectivity index is 2.78. The number of aromatic nitrogens is 2. The average Bonchev–Trinajstić information content (AvgIpc) is 2.36. The highest BCUT2D eigenvalue weighted by Crippen LogP contribution is 2.11. The minimum atomic E-state index is -0.105. The number of nitrogens with one attached hydrogen (secondary N) is 3. The van der Waals surface area contributed by atoms with E-state index in [1.165, 1.54) is 0 Å². The van der Waals surface area contributed by atoms with Gasteiger partial charge in [-0.05, 0) is 6.92 Å². The summed E-state index contributed by atoms with van der Waals surface area (Å²) in [5.74, 6) is 1.76. The van der Waals surface area contributed by atoms with Crippen LogP contribution in [0.4, 0.5) is 11.6 Å². The van der Waals surface area contributed by atoms with Crippen LogP contribution in [0, 0.1) is 0 Å². The smallest absolute Gasteiger partial charge is 0.239 e. The lowest BCUT2D eigenvalue weighted by atomic mass is 10.4. The molecule has 0 aliphatic rings. The standard InChI is InChI=1S/C11H19N5O2/c1-4-13-8-5-9(14-6-11(17)12-2)16-10(15-8)7-18-3/h5H,4,6-7H2,1-3H3,(H,12,17)(H2,13,14,15,16). The fourth-order valence-electron chi connectivity index (χ4n) is 1.31. The van der Waals surface area contributed by atoms with E-state index < -0.39 is 0 Å². The zero-order valence-corrected chi connectivity index (χ0v) is 10.9. The molecule has 0 aromatic carbocycles. The molecule has 0 aliphatic carbocycles. The molecule has 3 N–H and O–H groups in total. The molecule has 7 heteroatoms. The van der Waals surface area contributed by atoms with E-state index in [4.69, 9.17) is 4.74 Å². The molecule has 0 fully saturated rings. The third-order valence-electron chi connectivity index (χ3n) is 2.11. The van der Waals surface area contributed by atoms with E-state index in [1.54, 1.807) is 20.2 Å². The highest BCUT2D eigenvalue weighted by molar-refractivity contribution is 5.80. The Kier molecular flexibility index (Phi) is 5.86. The Morgan fingerprint density at radius 1 is 1.33 bits per heavy atom. The number of carbonyl (C=O) groups is 1. The average molecular weight is 253 g/mol. The van der Waals surface area contributed by atoms with Crippen LogP contribution in [0.2, 0.25) is 0 Å². The molecule has 100 valence electrons. The Morgan fingerprint density at radius 3 is 2.56 bits per heavy atom. The lowest BCUT2D eigenvalue weighted by molar-refractivity contribution is -0.118. The molecule has 0 bridgehead atoms. The van der Waals surface area contributed by atoms with Crippen molar-refractivity contribution in [1.82, 2.24) is 15.3 Å². The van der Waals surface area contributed by atoms with Crippen LogP contribution in [0.3, 0.4) is 0 Å². The molecule has 0 radical (unpaired) electrons. The van der Waals surface area contributed by atoms with E-state index in [9.17, 15) is 4.79 Å². The largest absolute Gasteiger partial charge is 0.377 e. The molecular formula is C11H19N5O2. The first-order chi connectivity index (χ1) is 8.69. The molecule has 1 heterocycles. The zero-order valence-electron chi connectivity index (χ0n) is 10.9. The summed E-state index contributed by atoms with van der Waals surface area (Å²) in [6.45, 7) is 3.24. The van der Waals surface area contributed by atoms with Gasteiger partial charge in [-0.1, -0.05) is 0 Å². The SMILES string of the molecule is CCNc1cc(NCC(=O)NC)nc(COC)n1. The quantitative estimate of drug-likeness (QED) is 0.644. The molecule has 0 atom stereocenters. The Morgan fingerprint density at radius 2 is 2.00 bits per heavy atom. The zero-order chi connectivity index (χ0) is 13.4. The van der Waals surface area contributed by atoms with Gasteiger partial charge in [0, 0.05) is 26.8 Å². The summed E-state index contributed by atoms with van der Waals surface area (Å²) in [6, 6.07) is 1.76. The second-order valence-corrected chi connectivity index (χ2v) is 3.54. The van der Waals surface area contributed by atoms with Crippen molar-refractivity contribution in [2.45, 2.75) is 13.5 Å². The van der Waals surface area contributed by atoms with Crippen molar-refractivity contribution in [2.75, 3.05) is 37.9 Å². The number of rotatable bonds is 7. The lowest BCUT2D eigenvalue weighted by Crippen LogP contribution is -2.26. The summed E-state index contributed by atoms with van der Waals surface area (Å²) >= 11 is 0. The summed E-state index contributed by atoms with van der Waals surface area (Å²) in [6.07, 6.45) is 0. The van der Waals surface area contributed by atoms with E-state index in [0.717, 1.165) is 6.54 Å². The molecule has 1 rings (SSSR count). The third-order valence-corrected chi connectivity index (χ3v) is 2.11. The molecule has 0 unspecified atom stereocenters. The summed E-state index contributed by atoms with van der Waals surface area (Å²) < 4.78 is 5.00. The minimum Gasteiger partial charge on any atom is -0.377 e. The van der Waals surface area contributed by atoms with Crippen LogP contribution in [0.5, 0.6) is 0 Å². The second-order valence-electron chi connectivity index (χ2n) is 3.54. The molecule has 7 nitrogen and oxygen atoms in total. The van der Waals surface area contributed by atoms with Crippen LogP contribution in [0.15, 0.2) is 6.07 Å². The van der Waals surface area contributed by atoms with E-state index in [-0.39, 0.29) is 12.5 Å².